The van der Waals surface area contributed by atoms with Crippen molar-refractivity contribution in [1.82, 2.24) is 9.97 Å². The van der Waals surface area contributed by atoms with Crippen molar-refractivity contribution in [2.45, 2.75) is 51.4 Å². The monoisotopic (exact) mass is 357 g/mol. The van der Waals surface area contributed by atoms with E-state index in [0.717, 1.165) is 39.8 Å². The smallest absolute Gasteiger partial charge is 0.140 e. The fourth-order valence-electron chi connectivity index (χ4n) is 3.66. The number of aryl methyl sites for hydroxylation is 1. The Morgan fingerprint density at radius 3 is 2.72 bits per heavy atom. The molecule has 3 rings (SSSR count). The molecule has 0 amide bonds. The van der Waals surface area contributed by atoms with Crippen molar-refractivity contribution < 1.29 is 0 Å². The number of nitrogen functional groups attached to an aromatic ring is 1. The van der Waals surface area contributed by atoms with Crippen LogP contribution in [-0.2, 0) is 6.42 Å². The van der Waals surface area contributed by atoms with Crippen molar-refractivity contribution in [2.24, 2.45) is 11.8 Å². The van der Waals surface area contributed by atoms with Gasteiger partial charge in [-0.15, -0.1) is 0 Å². The number of hydrogen-bond acceptors (Lipinski definition) is 3. The van der Waals surface area contributed by atoms with E-state index in [2.05, 4.69) is 34.5 Å². The minimum absolute atomic E-state index is 0.582. The van der Waals surface area contributed by atoms with Crippen LogP contribution in [0.3, 0.4) is 0 Å². The van der Waals surface area contributed by atoms with Crippen molar-refractivity contribution in [3.05, 3.63) is 15.1 Å². The van der Waals surface area contributed by atoms with Crippen LogP contribution in [0.5, 0.6) is 0 Å². The van der Waals surface area contributed by atoms with E-state index in [1.807, 2.05) is 0 Å². The first-order valence-electron chi connectivity index (χ1n) is 7.00. The third-order valence-corrected chi connectivity index (χ3v) is 5.69. The molecule has 3 nitrogen and oxygen atoms in total. The normalized spacial score (nSPS) is 30.0. The lowest BCUT2D eigenvalue weighted by Gasteiger charge is -2.21. The van der Waals surface area contributed by atoms with Gasteiger partial charge < -0.3 is 5.73 Å². The Hall–Kier alpha value is -0.390. The second-order valence-corrected chi connectivity index (χ2v) is 6.84. The minimum Gasteiger partial charge on any atom is -0.383 e. The average molecular weight is 357 g/mol. The summed E-state index contributed by atoms with van der Waals surface area (Å²) >= 11 is 2.28. The fourth-order valence-corrected chi connectivity index (χ4v) is 4.17. The Morgan fingerprint density at radius 2 is 2.11 bits per heavy atom. The van der Waals surface area contributed by atoms with Gasteiger partial charge in [0.2, 0.25) is 0 Å². The Bertz CT molecular complexity index is 461. The summed E-state index contributed by atoms with van der Waals surface area (Å²) in [5.41, 5.74) is 7.21. The Morgan fingerprint density at radius 1 is 1.28 bits per heavy atom. The molecule has 2 N–H and O–H groups in total. The van der Waals surface area contributed by atoms with Crippen LogP contribution in [-0.4, -0.2) is 9.97 Å². The highest BCUT2D eigenvalue weighted by Crippen LogP contribution is 2.52. The van der Waals surface area contributed by atoms with Crippen LogP contribution in [0.25, 0.3) is 0 Å². The van der Waals surface area contributed by atoms with Crippen molar-refractivity contribution in [3.63, 3.8) is 0 Å². The average Bonchev–Trinajstić information content (AvgIpc) is 2.97. The number of aromatic nitrogens is 2. The molecular weight excluding hydrogens is 337 g/mol. The molecule has 0 aliphatic heterocycles. The van der Waals surface area contributed by atoms with Gasteiger partial charge in [-0.25, -0.2) is 9.97 Å². The summed E-state index contributed by atoms with van der Waals surface area (Å²) < 4.78 is 1.06. The van der Waals surface area contributed by atoms with E-state index in [0.29, 0.717) is 11.7 Å². The molecule has 98 valence electrons. The first-order valence-corrected chi connectivity index (χ1v) is 8.08. The topological polar surface area (TPSA) is 51.8 Å². The maximum absolute atomic E-state index is 6.06. The van der Waals surface area contributed by atoms with Crippen molar-refractivity contribution in [3.8, 4) is 0 Å². The van der Waals surface area contributed by atoms with E-state index < -0.39 is 0 Å². The molecule has 3 unspecified atom stereocenters. The molecule has 0 saturated heterocycles. The van der Waals surface area contributed by atoms with Crippen LogP contribution in [0, 0.1) is 15.4 Å². The lowest BCUT2D eigenvalue weighted by Crippen LogP contribution is -2.15. The summed E-state index contributed by atoms with van der Waals surface area (Å²) in [5, 5.41) is 0. The highest BCUT2D eigenvalue weighted by Gasteiger charge is 2.41. The lowest BCUT2D eigenvalue weighted by atomic mass is 9.88. The Labute approximate surface area is 122 Å². The zero-order valence-electron chi connectivity index (χ0n) is 10.8. The number of nitrogens with zero attached hydrogens (tertiary/aromatic N) is 2. The van der Waals surface area contributed by atoms with Gasteiger partial charge in [0.1, 0.15) is 11.6 Å². The highest BCUT2D eigenvalue weighted by molar-refractivity contribution is 14.1. The third kappa shape index (κ3) is 2.12. The molecule has 2 saturated carbocycles. The molecule has 1 aromatic heterocycles. The Balaban J connectivity index is 1.92. The fraction of sp³-hybridized carbons (Fsp3) is 0.714. The third-order valence-electron chi connectivity index (χ3n) is 4.52. The van der Waals surface area contributed by atoms with Gasteiger partial charge in [-0.3, -0.25) is 0 Å². The largest absolute Gasteiger partial charge is 0.383 e. The van der Waals surface area contributed by atoms with Gasteiger partial charge in [-0.1, -0.05) is 19.8 Å². The van der Waals surface area contributed by atoms with Gasteiger partial charge in [-0.05, 0) is 60.1 Å². The molecular formula is C14H20IN3. The molecule has 0 aromatic carbocycles. The van der Waals surface area contributed by atoms with Gasteiger partial charge in [0.05, 0.1) is 9.26 Å². The summed E-state index contributed by atoms with van der Waals surface area (Å²) in [6.45, 7) is 2.19. The standard InChI is InChI=1S/C14H20IN3/c1-2-3-11-12(15)13(16)18-14(17-11)10-7-8-4-5-9(10)6-8/h8-10H,2-7H2,1H3,(H2,16,17,18). The molecule has 0 radical (unpaired) electrons. The first kappa shape index (κ1) is 12.6. The van der Waals surface area contributed by atoms with E-state index in [4.69, 9.17) is 10.7 Å². The predicted octanol–water partition coefficient (Wildman–Crippen LogP) is 3.52. The second-order valence-electron chi connectivity index (χ2n) is 5.76. The highest BCUT2D eigenvalue weighted by atomic mass is 127. The number of nitrogens with two attached hydrogens (primary N) is 1. The van der Waals surface area contributed by atoms with Gasteiger partial charge in [0.25, 0.3) is 0 Å². The van der Waals surface area contributed by atoms with E-state index in [1.165, 1.54) is 25.7 Å². The lowest BCUT2D eigenvalue weighted by molar-refractivity contribution is 0.404. The van der Waals surface area contributed by atoms with Crippen LogP contribution in [0.1, 0.15) is 56.5 Å². The molecule has 1 heterocycles. The van der Waals surface area contributed by atoms with Crippen LogP contribution in [0.2, 0.25) is 0 Å². The van der Waals surface area contributed by atoms with Crippen LogP contribution in [0.4, 0.5) is 5.82 Å². The zero-order valence-corrected chi connectivity index (χ0v) is 13.0. The van der Waals surface area contributed by atoms with Crippen LogP contribution in [0.15, 0.2) is 0 Å². The van der Waals surface area contributed by atoms with E-state index in [1.54, 1.807) is 0 Å². The quantitative estimate of drug-likeness (QED) is 0.843. The summed E-state index contributed by atoms with van der Waals surface area (Å²) in [7, 11) is 0. The van der Waals surface area contributed by atoms with Gasteiger partial charge in [0.15, 0.2) is 0 Å². The molecule has 1 aromatic rings. The van der Waals surface area contributed by atoms with Crippen LogP contribution < -0.4 is 5.73 Å². The molecule has 4 heteroatoms. The maximum atomic E-state index is 6.06. The van der Waals surface area contributed by atoms with Crippen molar-refractivity contribution >= 4 is 28.4 Å². The van der Waals surface area contributed by atoms with E-state index in [9.17, 15) is 0 Å². The molecule has 2 aliphatic carbocycles. The van der Waals surface area contributed by atoms with Gasteiger partial charge in [-0.2, -0.15) is 0 Å². The predicted molar refractivity (Wildman–Crippen MR) is 81.3 cm³/mol. The van der Waals surface area contributed by atoms with Gasteiger partial charge in [0, 0.05) is 5.92 Å². The number of fused-ring (bicyclic) bond motifs is 2. The van der Waals surface area contributed by atoms with Crippen molar-refractivity contribution in [1.29, 1.82) is 0 Å². The summed E-state index contributed by atoms with van der Waals surface area (Å²) in [6, 6.07) is 0. The minimum atomic E-state index is 0.582. The number of halogens is 1. The second kappa shape index (κ2) is 4.94. The Kier molecular flexibility index (Phi) is 3.47. The summed E-state index contributed by atoms with van der Waals surface area (Å²) in [4.78, 5) is 9.40. The number of anilines is 1. The SMILES string of the molecule is CCCc1nc(C2CC3CCC2C3)nc(N)c1I. The van der Waals surface area contributed by atoms with Gasteiger partial charge >= 0.3 is 0 Å². The zero-order chi connectivity index (χ0) is 12.7. The maximum Gasteiger partial charge on any atom is 0.140 e. The van der Waals surface area contributed by atoms with E-state index >= 15 is 0 Å². The van der Waals surface area contributed by atoms with Crippen LogP contribution >= 0.6 is 22.6 Å². The molecule has 2 fully saturated rings. The summed E-state index contributed by atoms with van der Waals surface area (Å²) in [5.74, 6) is 4.05. The summed E-state index contributed by atoms with van der Waals surface area (Å²) in [6.07, 6.45) is 7.59. The number of rotatable bonds is 3. The van der Waals surface area contributed by atoms with E-state index in [-0.39, 0.29) is 0 Å². The molecule has 3 atom stereocenters. The molecule has 2 aliphatic rings. The number of hydrogen-bond donors (Lipinski definition) is 1. The van der Waals surface area contributed by atoms with Crippen molar-refractivity contribution in [2.75, 3.05) is 5.73 Å². The molecule has 18 heavy (non-hydrogen) atoms. The molecule has 2 bridgehead atoms. The first-order chi connectivity index (χ1) is 8.69. The molecule has 0 spiro atoms.